The minimum atomic E-state index is 0.107. The van der Waals surface area contributed by atoms with Crippen molar-refractivity contribution in [3.63, 3.8) is 0 Å². The van der Waals surface area contributed by atoms with Gasteiger partial charge in [0.25, 0.3) is 6.26 Å². The van der Waals surface area contributed by atoms with Crippen molar-refractivity contribution in [3.8, 4) is 6.26 Å². The van der Waals surface area contributed by atoms with Crippen molar-refractivity contribution in [2.24, 2.45) is 5.41 Å². The monoisotopic (exact) mass is 113 g/mol. The minimum absolute atomic E-state index is 0.107. The fourth-order valence-electron chi connectivity index (χ4n) is 0.249. The number of ether oxygens (including phenoxy) is 1. The largest absolute Gasteiger partial charge is 0.427 e. The lowest BCUT2D eigenvalue weighted by Gasteiger charge is -2.13. The molecule has 0 aliphatic carbocycles. The van der Waals surface area contributed by atoms with Crippen molar-refractivity contribution < 1.29 is 4.74 Å². The normalized spacial score (nSPS) is 10.2. The third-order valence-corrected chi connectivity index (χ3v) is 0.570. The van der Waals surface area contributed by atoms with E-state index in [2.05, 4.69) is 4.74 Å². The molecular weight excluding hydrogens is 102 g/mol. The van der Waals surface area contributed by atoms with Crippen LogP contribution in [0, 0.1) is 16.9 Å². The van der Waals surface area contributed by atoms with Crippen LogP contribution in [-0.2, 0) is 4.74 Å². The lowest BCUT2D eigenvalue weighted by molar-refractivity contribution is 0.165. The van der Waals surface area contributed by atoms with Crippen molar-refractivity contribution in [2.45, 2.75) is 20.8 Å². The number of nitriles is 1. The molecule has 0 aliphatic heterocycles. The van der Waals surface area contributed by atoms with Crippen LogP contribution in [0.4, 0.5) is 0 Å². The minimum Gasteiger partial charge on any atom is -0.427 e. The van der Waals surface area contributed by atoms with Gasteiger partial charge in [0.1, 0.15) is 6.61 Å². The van der Waals surface area contributed by atoms with Gasteiger partial charge in [-0.1, -0.05) is 20.8 Å². The summed E-state index contributed by atoms with van der Waals surface area (Å²) in [6, 6.07) is 0. The van der Waals surface area contributed by atoms with E-state index < -0.39 is 0 Å². The third kappa shape index (κ3) is 5.29. The molecule has 0 heterocycles. The molecule has 0 amide bonds. The highest BCUT2D eigenvalue weighted by molar-refractivity contribution is 4.61. The molecule has 0 aromatic carbocycles. The second kappa shape index (κ2) is 2.56. The quantitative estimate of drug-likeness (QED) is 0.483. The van der Waals surface area contributed by atoms with Crippen molar-refractivity contribution in [2.75, 3.05) is 6.61 Å². The standard InChI is InChI=1S/C6H11NO/c1-6(2,3)4-8-5-7/h4H2,1-3H3. The molecule has 8 heavy (non-hydrogen) atoms. The van der Waals surface area contributed by atoms with Gasteiger partial charge in [0.05, 0.1) is 0 Å². The van der Waals surface area contributed by atoms with E-state index >= 15 is 0 Å². The maximum Gasteiger partial charge on any atom is 0.286 e. The molecule has 0 fully saturated rings. The summed E-state index contributed by atoms with van der Waals surface area (Å²) in [4.78, 5) is 0. The van der Waals surface area contributed by atoms with Crippen LogP contribution in [0.15, 0.2) is 0 Å². The van der Waals surface area contributed by atoms with Gasteiger partial charge in [0.15, 0.2) is 0 Å². The molecular formula is C6H11NO. The summed E-state index contributed by atoms with van der Waals surface area (Å²) in [6.45, 7) is 6.56. The van der Waals surface area contributed by atoms with Gasteiger partial charge >= 0.3 is 0 Å². The zero-order chi connectivity index (χ0) is 6.62. The van der Waals surface area contributed by atoms with E-state index in [4.69, 9.17) is 5.26 Å². The highest BCUT2D eigenvalue weighted by Gasteiger charge is 2.09. The summed E-state index contributed by atoms with van der Waals surface area (Å²) < 4.78 is 4.50. The molecule has 0 rings (SSSR count). The molecule has 0 bridgehead atoms. The van der Waals surface area contributed by atoms with Crippen LogP contribution in [-0.4, -0.2) is 6.61 Å². The first kappa shape index (κ1) is 7.29. The molecule has 0 radical (unpaired) electrons. The van der Waals surface area contributed by atoms with E-state index in [-0.39, 0.29) is 5.41 Å². The molecule has 0 saturated carbocycles. The predicted octanol–water partition coefficient (Wildman–Crippen LogP) is 1.53. The van der Waals surface area contributed by atoms with Crippen LogP contribution in [0.3, 0.4) is 0 Å². The van der Waals surface area contributed by atoms with Gasteiger partial charge in [-0.15, -0.1) is 0 Å². The van der Waals surface area contributed by atoms with Crippen LogP contribution < -0.4 is 0 Å². The van der Waals surface area contributed by atoms with Crippen LogP contribution in [0.25, 0.3) is 0 Å². The van der Waals surface area contributed by atoms with E-state index in [1.807, 2.05) is 20.8 Å². The Bertz CT molecular complexity index is 96.1. The molecule has 0 aliphatic rings. The summed E-state index contributed by atoms with van der Waals surface area (Å²) in [5, 5.41) is 7.96. The van der Waals surface area contributed by atoms with Gasteiger partial charge in [0, 0.05) is 0 Å². The molecule has 2 heteroatoms. The Morgan fingerprint density at radius 3 is 2.12 bits per heavy atom. The van der Waals surface area contributed by atoms with Gasteiger partial charge in [-0.2, -0.15) is 5.26 Å². The highest BCUT2D eigenvalue weighted by atomic mass is 16.5. The average Bonchev–Trinajstić information content (AvgIpc) is 1.59. The molecule has 0 aromatic rings. The second-order valence-corrected chi connectivity index (χ2v) is 2.94. The van der Waals surface area contributed by atoms with Gasteiger partial charge in [-0.05, 0) is 5.41 Å². The lowest BCUT2D eigenvalue weighted by atomic mass is 9.99. The summed E-state index contributed by atoms with van der Waals surface area (Å²) >= 11 is 0. The van der Waals surface area contributed by atoms with Crippen LogP contribution in [0.5, 0.6) is 0 Å². The Hall–Kier alpha value is -0.710. The smallest absolute Gasteiger partial charge is 0.286 e. The topological polar surface area (TPSA) is 33.0 Å². The molecule has 46 valence electrons. The Morgan fingerprint density at radius 1 is 1.50 bits per heavy atom. The second-order valence-electron chi connectivity index (χ2n) is 2.94. The Balaban J connectivity index is 3.28. The highest BCUT2D eigenvalue weighted by Crippen LogP contribution is 2.11. The Labute approximate surface area is 50.1 Å². The number of nitrogens with zero attached hydrogens (tertiary/aromatic N) is 1. The molecule has 0 spiro atoms. The van der Waals surface area contributed by atoms with Crippen LogP contribution >= 0.6 is 0 Å². The SMILES string of the molecule is CC(C)(C)COC#N. The van der Waals surface area contributed by atoms with Gasteiger partial charge in [-0.3, -0.25) is 0 Å². The summed E-state index contributed by atoms with van der Waals surface area (Å²) in [5.41, 5.74) is 0.107. The molecule has 0 N–H and O–H groups in total. The molecule has 0 saturated heterocycles. The van der Waals surface area contributed by atoms with Crippen molar-refractivity contribution in [1.29, 1.82) is 5.26 Å². The van der Waals surface area contributed by atoms with E-state index in [1.54, 1.807) is 6.26 Å². The number of hydrogen-bond acceptors (Lipinski definition) is 2. The van der Waals surface area contributed by atoms with E-state index in [9.17, 15) is 0 Å². The maximum absolute atomic E-state index is 7.96. The Morgan fingerprint density at radius 2 is 2.00 bits per heavy atom. The van der Waals surface area contributed by atoms with Crippen molar-refractivity contribution in [3.05, 3.63) is 0 Å². The molecule has 0 atom stereocenters. The zero-order valence-electron chi connectivity index (χ0n) is 5.56. The van der Waals surface area contributed by atoms with E-state index in [0.29, 0.717) is 6.61 Å². The first-order valence-corrected chi connectivity index (χ1v) is 2.57. The maximum atomic E-state index is 7.96. The third-order valence-electron chi connectivity index (χ3n) is 0.570. The van der Waals surface area contributed by atoms with E-state index in [1.165, 1.54) is 0 Å². The summed E-state index contributed by atoms with van der Waals surface area (Å²) in [6.07, 6.45) is 1.62. The van der Waals surface area contributed by atoms with Crippen molar-refractivity contribution >= 4 is 0 Å². The molecule has 0 aromatic heterocycles. The van der Waals surface area contributed by atoms with Gasteiger partial charge in [-0.25, -0.2) is 0 Å². The first-order chi connectivity index (χ1) is 3.56. The fraction of sp³-hybridized carbons (Fsp3) is 0.833. The van der Waals surface area contributed by atoms with Crippen LogP contribution in [0.2, 0.25) is 0 Å². The average molecular weight is 113 g/mol. The molecule has 2 nitrogen and oxygen atoms in total. The summed E-state index contributed by atoms with van der Waals surface area (Å²) in [5.74, 6) is 0. The van der Waals surface area contributed by atoms with Crippen molar-refractivity contribution in [1.82, 2.24) is 0 Å². The van der Waals surface area contributed by atoms with Crippen LogP contribution in [0.1, 0.15) is 20.8 Å². The van der Waals surface area contributed by atoms with E-state index in [0.717, 1.165) is 0 Å². The zero-order valence-corrected chi connectivity index (χ0v) is 5.56. The fourth-order valence-corrected chi connectivity index (χ4v) is 0.249. The number of hydrogen-bond donors (Lipinski definition) is 0. The summed E-state index contributed by atoms with van der Waals surface area (Å²) in [7, 11) is 0. The predicted molar refractivity (Wildman–Crippen MR) is 31.0 cm³/mol. The van der Waals surface area contributed by atoms with Gasteiger partial charge in [0.2, 0.25) is 0 Å². The van der Waals surface area contributed by atoms with Gasteiger partial charge < -0.3 is 4.74 Å². The molecule has 0 unspecified atom stereocenters. The first-order valence-electron chi connectivity index (χ1n) is 2.57. The number of rotatable bonds is 1. The Kier molecular flexibility index (Phi) is 2.33. The lowest BCUT2D eigenvalue weighted by Crippen LogP contribution is -2.12.